The fourth-order valence-corrected chi connectivity index (χ4v) is 2.26. The maximum Gasteiger partial charge on any atom is 0.239 e. The Balaban J connectivity index is 2.78. The summed E-state index contributed by atoms with van der Waals surface area (Å²) >= 11 is 0. The van der Waals surface area contributed by atoms with Crippen molar-refractivity contribution >= 4 is 21.4 Å². The summed E-state index contributed by atoms with van der Waals surface area (Å²) in [5, 5.41) is 11.2. The van der Waals surface area contributed by atoms with Crippen LogP contribution in [-0.4, -0.2) is 25.8 Å². The molecule has 1 aromatic carbocycles. The number of nitrogens with zero attached hydrogens (tertiary/aromatic N) is 1. The van der Waals surface area contributed by atoms with Crippen LogP contribution in [0.2, 0.25) is 0 Å². The van der Waals surface area contributed by atoms with Gasteiger partial charge in [0.15, 0.2) is 9.84 Å². The number of rotatable bonds is 5. The SMILES string of the molecule is C=CCS(=O)(=O)CC(=O)Nc1ccccc1C#N. The van der Waals surface area contributed by atoms with Crippen LogP contribution in [0.1, 0.15) is 5.56 Å². The Kier molecular flexibility index (Phi) is 4.63. The van der Waals surface area contributed by atoms with Crippen LogP contribution in [0.3, 0.4) is 0 Å². The lowest BCUT2D eigenvalue weighted by atomic mass is 10.2. The van der Waals surface area contributed by atoms with Gasteiger partial charge in [-0.2, -0.15) is 5.26 Å². The van der Waals surface area contributed by atoms with Crippen molar-refractivity contribution in [3.63, 3.8) is 0 Å². The summed E-state index contributed by atoms with van der Waals surface area (Å²) in [6.45, 7) is 3.31. The van der Waals surface area contributed by atoms with Crippen molar-refractivity contribution in [1.82, 2.24) is 0 Å². The van der Waals surface area contributed by atoms with Crippen molar-refractivity contribution in [1.29, 1.82) is 5.26 Å². The van der Waals surface area contributed by atoms with Gasteiger partial charge in [0, 0.05) is 0 Å². The van der Waals surface area contributed by atoms with Crippen LogP contribution in [0.5, 0.6) is 0 Å². The highest BCUT2D eigenvalue weighted by molar-refractivity contribution is 7.92. The molecule has 1 aromatic rings. The molecular weight excluding hydrogens is 252 g/mol. The molecular formula is C12H12N2O3S. The summed E-state index contributed by atoms with van der Waals surface area (Å²) in [6, 6.07) is 8.29. The van der Waals surface area contributed by atoms with Crippen molar-refractivity contribution in [2.45, 2.75) is 0 Å². The van der Waals surface area contributed by atoms with Gasteiger partial charge in [-0.1, -0.05) is 18.2 Å². The van der Waals surface area contributed by atoms with E-state index in [1.54, 1.807) is 12.1 Å². The van der Waals surface area contributed by atoms with Crippen molar-refractivity contribution in [2.75, 3.05) is 16.8 Å². The number of hydrogen-bond donors (Lipinski definition) is 1. The average molecular weight is 264 g/mol. The minimum absolute atomic E-state index is 0.250. The van der Waals surface area contributed by atoms with Crippen molar-refractivity contribution in [3.05, 3.63) is 42.5 Å². The Hall–Kier alpha value is -2.13. The quantitative estimate of drug-likeness (QED) is 0.807. The summed E-state index contributed by atoms with van der Waals surface area (Å²) in [4.78, 5) is 11.5. The molecule has 0 aliphatic rings. The van der Waals surface area contributed by atoms with E-state index in [2.05, 4.69) is 11.9 Å². The number of sulfone groups is 1. The molecule has 0 aliphatic heterocycles. The van der Waals surface area contributed by atoms with E-state index < -0.39 is 21.5 Å². The number of benzene rings is 1. The van der Waals surface area contributed by atoms with E-state index in [0.717, 1.165) is 0 Å². The second kappa shape index (κ2) is 5.98. The standard InChI is InChI=1S/C12H12N2O3S/c1-2-7-18(16,17)9-12(15)14-11-6-4-3-5-10(11)8-13/h2-6H,1,7,9H2,(H,14,15). The zero-order valence-electron chi connectivity index (χ0n) is 9.59. The zero-order valence-corrected chi connectivity index (χ0v) is 10.4. The molecule has 0 atom stereocenters. The van der Waals surface area contributed by atoms with Crippen LogP contribution < -0.4 is 5.32 Å². The average Bonchev–Trinajstić information content (AvgIpc) is 2.28. The van der Waals surface area contributed by atoms with Gasteiger partial charge in [-0.05, 0) is 12.1 Å². The Labute approximate surface area is 106 Å². The summed E-state index contributed by atoms with van der Waals surface area (Å²) in [5.41, 5.74) is 0.589. The molecule has 5 nitrogen and oxygen atoms in total. The van der Waals surface area contributed by atoms with E-state index in [4.69, 9.17) is 5.26 Å². The van der Waals surface area contributed by atoms with Crippen molar-refractivity contribution in [3.8, 4) is 6.07 Å². The van der Waals surface area contributed by atoms with E-state index in [0.29, 0.717) is 5.69 Å². The van der Waals surface area contributed by atoms with Gasteiger partial charge in [0.25, 0.3) is 0 Å². The summed E-state index contributed by atoms with van der Waals surface area (Å²) < 4.78 is 22.8. The summed E-state index contributed by atoms with van der Waals surface area (Å²) in [6.07, 6.45) is 1.23. The van der Waals surface area contributed by atoms with Crippen LogP contribution in [0.25, 0.3) is 0 Å². The van der Waals surface area contributed by atoms with Gasteiger partial charge < -0.3 is 5.32 Å². The maximum absolute atomic E-state index is 11.5. The number of anilines is 1. The largest absolute Gasteiger partial charge is 0.324 e. The number of carbonyl (C=O) groups excluding carboxylic acids is 1. The molecule has 0 saturated heterocycles. The molecule has 0 fully saturated rings. The Morgan fingerprint density at radius 1 is 1.44 bits per heavy atom. The lowest BCUT2D eigenvalue weighted by molar-refractivity contribution is -0.113. The third kappa shape index (κ3) is 4.03. The molecule has 1 N–H and O–H groups in total. The molecule has 0 spiro atoms. The van der Waals surface area contributed by atoms with E-state index in [1.807, 2.05) is 6.07 Å². The molecule has 0 saturated carbocycles. The highest BCUT2D eigenvalue weighted by Crippen LogP contribution is 2.13. The van der Waals surface area contributed by atoms with Gasteiger partial charge in [-0.25, -0.2) is 8.42 Å². The van der Waals surface area contributed by atoms with Crippen LogP contribution in [0.4, 0.5) is 5.69 Å². The first-order valence-electron chi connectivity index (χ1n) is 5.09. The van der Waals surface area contributed by atoms with Gasteiger partial charge in [0.1, 0.15) is 11.8 Å². The number of hydrogen-bond acceptors (Lipinski definition) is 4. The monoisotopic (exact) mass is 264 g/mol. The molecule has 18 heavy (non-hydrogen) atoms. The van der Waals surface area contributed by atoms with Gasteiger partial charge >= 0.3 is 0 Å². The first kappa shape index (κ1) is 13.9. The lowest BCUT2D eigenvalue weighted by Gasteiger charge is -2.06. The van der Waals surface area contributed by atoms with Gasteiger partial charge in [-0.3, -0.25) is 4.79 Å². The Bertz CT molecular complexity index is 600. The van der Waals surface area contributed by atoms with Crippen LogP contribution in [0, 0.1) is 11.3 Å². The first-order chi connectivity index (χ1) is 8.48. The van der Waals surface area contributed by atoms with Crippen LogP contribution in [-0.2, 0) is 14.6 Å². The molecule has 1 amide bonds. The minimum Gasteiger partial charge on any atom is -0.324 e. The van der Waals surface area contributed by atoms with Crippen LogP contribution >= 0.6 is 0 Å². The molecule has 0 bridgehead atoms. The predicted octanol–water partition coefficient (Wildman–Crippen LogP) is 1.10. The zero-order chi connectivity index (χ0) is 13.6. The summed E-state index contributed by atoms with van der Waals surface area (Å²) in [5.74, 6) is -1.54. The van der Waals surface area contributed by atoms with Gasteiger partial charge in [0.05, 0.1) is 17.0 Å². The molecule has 94 valence electrons. The normalized spacial score (nSPS) is 10.4. The topological polar surface area (TPSA) is 87.0 Å². The highest BCUT2D eigenvalue weighted by Gasteiger charge is 2.15. The predicted molar refractivity (Wildman–Crippen MR) is 68.6 cm³/mol. The van der Waals surface area contributed by atoms with E-state index in [1.165, 1.54) is 18.2 Å². The third-order valence-electron chi connectivity index (χ3n) is 2.04. The Morgan fingerprint density at radius 3 is 2.72 bits per heavy atom. The number of amides is 1. The summed E-state index contributed by atoms with van der Waals surface area (Å²) in [7, 11) is -3.48. The molecule has 1 rings (SSSR count). The minimum atomic E-state index is -3.48. The molecule has 0 unspecified atom stereocenters. The van der Waals surface area contributed by atoms with E-state index >= 15 is 0 Å². The maximum atomic E-state index is 11.5. The smallest absolute Gasteiger partial charge is 0.239 e. The lowest BCUT2D eigenvalue weighted by Crippen LogP contribution is -2.24. The van der Waals surface area contributed by atoms with Gasteiger partial charge in [-0.15, -0.1) is 6.58 Å². The fraction of sp³-hybridized carbons (Fsp3) is 0.167. The van der Waals surface area contributed by atoms with Crippen molar-refractivity contribution < 1.29 is 13.2 Å². The highest BCUT2D eigenvalue weighted by atomic mass is 32.2. The van der Waals surface area contributed by atoms with E-state index in [9.17, 15) is 13.2 Å². The molecule has 0 aliphatic carbocycles. The second-order valence-electron chi connectivity index (χ2n) is 3.55. The number of nitrogens with one attached hydrogen (secondary N) is 1. The third-order valence-corrected chi connectivity index (χ3v) is 3.49. The molecule has 0 heterocycles. The number of para-hydroxylation sites is 1. The van der Waals surface area contributed by atoms with E-state index in [-0.39, 0.29) is 11.3 Å². The molecule has 0 radical (unpaired) electrons. The molecule has 0 aromatic heterocycles. The number of carbonyl (C=O) groups is 1. The van der Waals surface area contributed by atoms with Crippen LogP contribution in [0.15, 0.2) is 36.9 Å². The second-order valence-corrected chi connectivity index (χ2v) is 5.66. The fourth-order valence-electron chi connectivity index (χ4n) is 1.31. The Morgan fingerprint density at radius 2 is 2.11 bits per heavy atom. The number of nitriles is 1. The first-order valence-corrected chi connectivity index (χ1v) is 6.91. The van der Waals surface area contributed by atoms with Crippen molar-refractivity contribution in [2.24, 2.45) is 0 Å². The molecule has 6 heteroatoms. The van der Waals surface area contributed by atoms with Gasteiger partial charge in [0.2, 0.25) is 5.91 Å².